The molecular formula is C18H20N2OS. The van der Waals surface area contributed by atoms with Crippen molar-refractivity contribution in [3.05, 3.63) is 51.7 Å². The number of amides is 1. The number of thiophene rings is 1. The molecular weight excluding hydrogens is 292 g/mol. The zero-order chi connectivity index (χ0) is 14.9. The number of carbonyl (C=O) groups excluding carboxylic acids is 1. The highest BCUT2D eigenvalue weighted by Crippen LogP contribution is 2.28. The Bertz CT molecular complexity index is 694. The summed E-state index contributed by atoms with van der Waals surface area (Å²) in [6.07, 6.45) is 3.27. The molecule has 0 atom stereocenters. The van der Waals surface area contributed by atoms with E-state index < -0.39 is 0 Å². The molecule has 0 N–H and O–H groups in total. The first kappa shape index (κ1) is 13.8. The van der Waals surface area contributed by atoms with Crippen LogP contribution in [0.4, 0.5) is 5.69 Å². The van der Waals surface area contributed by atoms with Gasteiger partial charge in [-0.15, -0.1) is 11.3 Å². The van der Waals surface area contributed by atoms with Gasteiger partial charge in [-0.05, 0) is 47.9 Å². The van der Waals surface area contributed by atoms with E-state index in [2.05, 4.69) is 40.6 Å². The third-order valence-corrected chi connectivity index (χ3v) is 5.72. The van der Waals surface area contributed by atoms with Crippen molar-refractivity contribution in [3.63, 3.8) is 0 Å². The van der Waals surface area contributed by atoms with Crippen molar-refractivity contribution < 1.29 is 4.79 Å². The molecule has 2 aliphatic rings. The van der Waals surface area contributed by atoms with E-state index in [1.807, 2.05) is 16.2 Å². The summed E-state index contributed by atoms with van der Waals surface area (Å²) in [5.41, 5.74) is 3.96. The van der Waals surface area contributed by atoms with Gasteiger partial charge in [0.05, 0.1) is 6.54 Å². The lowest BCUT2D eigenvalue weighted by atomic mass is 10.0. The molecule has 114 valence electrons. The SMILES string of the molecule is O=C(CN1CCCc2ccccc21)N1CCc2sccc2C1. The van der Waals surface area contributed by atoms with Gasteiger partial charge in [0.1, 0.15) is 0 Å². The lowest BCUT2D eigenvalue weighted by Gasteiger charge is -2.34. The normalized spacial score (nSPS) is 17.1. The molecule has 0 radical (unpaired) electrons. The smallest absolute Gasteiger partial charge is 0.242 e. The average molecular weight is 312 g/mol. The zero-order valence-electron chi connectivity index (χ0n) is 12.6. The summed E-state index contributed by atoms with van der Waals surface area (Å²) in [5, 5.41) is 2.14. The van der Waals surface area contributed by atoms with Crippen molar-refractivity contribution in [2.75, 3.05) is 24.5 Å². The van der Waals surface area contributed by atoms with Gasteiger partial charge in [-0.25, -0.2) is 0 Å². The van der Waals surface area contributed by atoms with Crippen LogP contribution in [0.1, 0.15) is 22.4 Å². The fourth-order valence-electron chi connectivity index (χ4n) is 3.50. The molecule has 2 aliphatic heterocycles. The van der Waals surface area contributed by atoms with Crippen molar-refractivity contribution in [1.82, 2.24) is 4.90 Å². The molecule has 0 fully saturated rings. The number of hydrogen-bond donors (Lipinski definition) is 0. The van der Waals surface area contributed by atoms with E-state index in [9.17, 15) is 4.79 Å². The van der Waals surface area contributed by atoms with Gasteiger partial charge in [-0.2, -0.15) is 0 Å². The predicted octanol–water partition coefficient (Wildman–Crippen LogP) is 3.09. The van der Waals surface area contributed by atoms with E-state index >= 15 is 0 Å². The molecule has 0 unspecified atom stereocenters. The molecule has 0 bridgehead atoms. The third-order valence-electron chi connectivity index (χ3n) is 4.69. The lowest BCUT2D eigenvalue weighted by molar-refractivity contribution is -0.130. The Kier molecular flexibility index (Phi) is 3.62. The van der Waals surface area contributed by atoms with Crippen LogP contribution in [0.15, 0.2) is 35.7 Å². The maximum atomic E-state index is 12.7. The van der Waals surface area contributed by atoms with Gasteiger partial charge in [0.2, 0.25) is 5.91 Å². The summed E-state index contributed by atoms with van der Waals surface area (Å²) in [5.74, 6) is 0.258. The van der Waals surface area contributed by atoms with Crippen LogP contribution in [0.3, 0.4) is 0 Å². The topological polar surface area (TPSA) is 23.6 Å². The Morgan fingerprint density at radius 1 is 1.09 bits per heavy atom. The second-order valence-electron chi connectivity index (χ2n) is 6.09. The van der Waals surface area contributed by atoms with Crippen LogP contribution in [0.2, 0.25) is 0 Å². The van der Waals surface area contributed by atoms with Crippen molar-refractivity contribution in [2.45, 2.75) is 25.8 Å². The fraction of sp³-hybridized carbons (Fsp3) is 0.389. The molecule has 3 nitrogen and oxygen atoms in total. The molecule has 0 saturated carbocycles. The number of para-hydroxylation sites is 1. The summed E-state index contributed by atoms with van der Waals surface area (Å²) in [7, 11) is 0. The van der Waals surface area contributed by atoms with E-state index in [0.717, 1.165) is 38.9 Å². The number of nitrogens with zero attached hydrogens (tertiary/aromatic N) is 2. The van der Waals surface area contributed by atoms with E-state index in [1.165, 1.54) is 21.7 Å². The Balaban J connectivity index is 1.47. The number of rotatable bonds is 2. The van der Waals surface area contributed by atoms with Crippen LogP contribution in [-0.4, -0.2) is 30.4 Å². The molecule has 0 aliphatic carbocycles. The Labute approximate surface area is 135 Å². The highest BCUT2D eigenvalue weighted by molar-refractivity contribution is 7.10. The first-order chi connectivity index (χ1) is 10.8. The molecule has 0 spiro atoms. The lowest BCUT2D eigenvalue weighted by Crippen LogP contribution is -2.43. The van der Waals surface area contributed by atoms with Gasteiger partial charge in [-0.1, -0.05) is 18.2 Å². The highest BCUT2D eigenvalue weighted by Gasteiger charge is 2.25. The summed E-state index contributed by atoms with van der Waals surface area (Å²) >= 11 is 1.82. The van der Waals surface area contributed by atoms with Crippen molar-refractivity contribution in [1.29, 1.82) is 0 Å². The Hall–Kier alpha value is -1.81. The molecule has 1 aromatic carbocycles. The predicted molar refractivity (Wildman–Crippen MR) is 90.4 cm³/mol. The minimum Gasteiger partial charge on any atom is -0.362 e. The van der Waals surface area contributed by atoms with Crippen molar-refractivity contribution >= 4 is 22.9 Å². The summed E-state index contributed by atoms with van der Waals surface area (Å²) < 4.78 is 0. The third kappa shape index (κ3) is 2.52. The van der Waals surface area contributed by atoms with Crippen LogP contribution in [-0.2, 0) is 24.2 Å². The molecule has 4 rings (SSSR count). The minimum absolute atomic E-state index is 0.258. The molecule has 1 amide bonds. The maximum absolute atomic E-state index is 12.7. The van der Waals surface area contributed by atoms with Crippen LogP contribution in [0, 0.1) is 0 Å². The zero-order valence-corrected chi connectivity index (χ0v) is 13.4. The van der Waals surface area contributed by atoms with Crippen LogP contribution in [0.25, 0.3) is 0 Å². The number of fused-ring (bicyclic) bond motifs is 2. The number of hydrogen-bond acceptors (Lipinski definition) is 3. The van der Waals surface area contributed by atoms with Gasteiger partial charge >= 0.3 is 0 Å². The van der Waals surface area contributed by atoms with Crippen molar-refractivity contribution in [2.24, 2.45) is 0 Å². The van der Waals surface area contributed by atoms with Gasteiger partial charge in [-0.3, -0.25) is 4.79 Å². The van der Waals surface area contributed by atoms with Crippen LogP contribution >= 0.6 is 11.3 Å². The monoisotopic (exact) mass is 312 g/mol. The summed E-state index contributed by atoms with van der Waals surface area (Å²) in [6.45, 7) is 3.14. The summed E-state index contributed by atoms with van der Waals surface area (Å²) in [4.78, 5) is 18.4. The standard InChI is InChI=1S/C18H20N2OS/c21-18(20-10-7-17-15(12-20)8-11-22-17)13-19-9-3-5-14-4-1-2-6-16(14)19/h1-2,4,6,8,11H,3,5,7,9-10,12-13H2. The maximum Gasteiger partial charge on any atom is 0.242 e. The minimum atomic E-state index is 0.258. The molecule has 3 heterocycles. The van der Waals surface area contributed by atoms with Crippen molar-refractivity contribution in [3.8, 4) is 0 Å². The van der Waals surface area contributed by atoms with Crippen LogP contribution in [0.5, 0.6) is 0 Å². The van der Waals surface area contributed by atoms with E-state index in [-0.39, 0.29) is 5.91 Å². The average Bonchev–Trinajstić information content (AvgIpc) is 3.02. The number of anilines is 1. The Morgan fingerprint density at radius 3 is 2.95 bits per heavy atom. The Morgan fingerprint density at radius 2 is 2.00 bits per heavy atom. The number of aryl methyl sites for hydroxylation is 1. The highest BCUT2D eigenvalue weighted by atomic mass is 32.1. The molecule has 4 heteroatoms. The molecule has 1 aromatic heterocycles. The number of carbonyl (C=O) groups is 1. The molecule has 2 aromatic rings. The van der Waals surface area contributed by atoms with Gasteiger partial charge in [0.15, 0.2) is 0 Å². The number of benzene rings is 1. The first-order valence-electron chi connectivity index (χ1n) is 7.97. The first-order valence-corrected chi connectivity index (χ1v) is 8.85. The second-order valence-corrected chi connectivity index (χ2v) is 7.09. The van der Waals surface area contributed by atoms with Gasteiger partial charge in [0, 0.05) is 30.2 Å². The fourth-order valence-corrected chi connectivity index (χ4v) is 4.39. The van der Waals surface area contributed by atoms with Crippen LogP contribution < -0.4 is 4.90 Å². The molecule has 22 heavy (non-hydrogen) atoms. The van der Waals surface area contributed by atoms with E-state index in [0.29, 0.717) is 6.54 Å². The largest absolute Gasteiger partial charge is 0.362 e. The second kappa shape index (κ2) is 5.76. The van der Waals surface area contributed by atoms with E-state index in [4.69, 9.17) is 0 Å². The van der Waals surface area contributed by atoms with Gasteiger partial charge in [0.25, 0.3) is 0 Å². The summed E-state index contributed by atoms with van der Waals surface area (Å²) in [6, 6.07) is 10.7. The van der Waals surface area contributed by atoms with E-state index in [1.54, 1.807) is 0 Å². The quantitative estimate of drug-likeness (QED) is 0.851. The van der Waals surface area contributed by atoms with Gasteiger partial charge < -0.3 is 9.80 Å². The molecule has 0 saturated heterocycles.